The lowest BCUT2D eigenvalue weighted by Gasteiger charge is -2.17. The highest BCUT2D eigenvalue weighted by molar-refractivity contribution is 6.04. The molecule has 0 saturated carbocycles. The number of nitrogens with zero attached hydrogens (tertiary/aromatic N) is 1. The molecule has 0 N–H and O–H groups in total. The topological polar surface area (TPSA) is 21.6 Å². The van der Waals surface area contributed by atoms with Crippen molar-refractivity contribution in [1.29, 1.82) is 0 Å². The van der Waals surface area contributed by atoms with Crippen molar-refractivity contribution in [1.82, 2.24) is 0 Å². The average Bonchev–Trinajstić information content (AvgIpc) is 2.61. The normalized spacial score (nSPS) is 13.0. The summed E-state index contributed by atoms with van der Waals surface area (Å²) in [6, 6.07) is 23.2. The zero-order chi connectivity index (χ0) is 16.5. The van der Waals surface area contributed by atoms with Gasteiger partial charge in [-0.25, -0.2) is 4.99 Å². The summed E-state index contributed by atoms with van der Waals surface area (Å²) in [6.45, 7) is 4.70. The van der Waals surface area contributed by atoms with Crippen LogP contribution in [0.25, 0.3) is 11.1 Å². The molecule has 0 spiro atoms. The maximum Gasteiger partial charge on any atom is 0.145 e. The van der Waals surface area contributed by atoms with Crippen LogP contribution >= 0.6 is 0 Å². The van der Waals surface area contributed by atoms with Crippen molar-refractivity contribution in [3.05, 3.63) is 83.4 Å². The van der Waals surface area contributed by atoms with Crippen molar-refractivity contribution in [2.45, 2.75) is 13.8 Å². The van der Waals surface area contributed by atoms with Gasteiger partial charge >= 0.3 is 0 Å². The van der Waals surface area contributed by atoms with Gasteiger partial charge in [0.2, 0.25) is 0 Å². The van der Waals surface area contributed by atoms with E-state index in [1.165, 1.54) is 22.3 Å². The summed E-state index contributed by atoms with van der Waals surface area (Å²) in [5.41, 5.74) is 7.92. The fourth-order valence-corrected chi connectivity index (χ4v) is 2.99. The quantitative estimate of drug-likeness (QED) is 0.613. The molecule has 24 heavy (non-hydrogen) atoms. The van der Waals surface area contributed by atoms with E-state index < -0.39 is 0 Å². The van der Waals surface area contributed by atoms with E-state index in [4.69, 9.17) is 9.73 Å². The Balaban J connectivity index is 1.66. The number of aryl methyl sites for hydroxylation is 2. The molecule has 118 valence electrons. The highest BCUT2D eigenvalue weighted by atomic mass is 16.5. The number of aliphatic imine (C=N–C) groups is 1. The Hall–Kier alpha value is -2.87. The predicted molar refractivity (Wildman–Crippen MR) is 99.5 cm³/mol. The van der Waals surface area contributed by atoms with E-state index in [0.29, 0.717) is 6.61 Å². The average molecular weight is 313 g/mol. The summed E-state index contributed by atoms with van der Waals surface area (Å²) in [4.78, 5) is 4.78. The number of hydrogen-bond acceptors (Lipinski definition) is 2. The molecular formula is C22H19NO. The van der Waals surface area contributed by atoms with Gasteiger partial charge in [0.05, 0.1) is 5.71 Å². The predicted octanol–water partition coefficient (Wildman–Crippen LogP) is 5.48. The maximum absolute atomic E-state index is 5.85. The molecule has 1 aliphatic heterocycles. The van der Waals surface area contributed by atoms with Gasteiger partial charge in [0.1, 0.15) is 18.0 Å². The van der Waals surface area contributed by atoms with E-state index in [1.54, 1.807) is 0 Å². The highest BCUT2D eigenvalue weighted by Crippen LogP contribution is 2.32. The fraction of sp³-hybridized carbons (Fsp3) is 0.136. The maximum atomic E-state index is 5.85. The second-order valence-corrected chi connectivity index (χ2v) is 6.27. The van der Waals surface area contributed by atoms with E-state index in [0.717, 1.165) is 22.7 Å². The largest absolute Gasteiger partial charge is 0.485 e. The molecule has 0 aliphatic carbocycles. The second-order valence-electron chi connectivity index (χ2n) is 6.27. The van der Waals surface area contributed by atoms with Crippen LogP contribution in [0.15, 0.2) is 71.7 Å². The van der Waals surface area contributed by atoms with Crippen LogP contribution in [0, 0.1) is 13.8 Å². The van der Waals surface area contributed by atoms with E-state index >= 15 is 0 Å². The SMILES string of the molecule is Cc1cccc(-c2ccc(C3=Nc4cc(C)ccc4OC3)cc2)c1. The van der Waals surface area contributed by atoms with Gasteiger partial charge in [0.25, 0.3) is 0 Å². The van der Waals surface area contributed by atoms with Gasteiger partial charge in [0.15, 0.2) is 0 Å². The minimum atomic E-state index is 0.514. The molecule has 0 fully saturated rings. The first-order valence-corrected chi connectivity index (χ1v) is 8.17. The van der Waals surface area contributed by atoms with Crippen LogP contribution in [0.3, 0.4) is 0 Å². The Labute approximate surface area is 142 Å². The molecule has 0 aromatic heterocycles. The van der Waals surface area contributed by atoms with Gasteiger partial charge in [0, 0.05) is 0 Å². The third kappa shape index (κ3) is 2.83. The summed E-state index contributed by atoms with van der Waals surface area (Å²) >= 11 is 0. The molecule has 0 bridgehead atoms. The monoisotopic (exact) mass is 313 g/mol. The van der Waals surface area contributed by atoms with Gasteiger partial charge in [-0.05, 0) is 48.2 Å². The molecular weight excluding hydrogens is 294 g/mol. The highest BCUT2D eigenvalue weighted by Gasteiger charge is 2.14. The van der Waals surface area contributed by atoms with Crippen LogP contribution in [0.4, 0.5) is 5.69 Å². The summed E-state index contributed by atoms with van der Waals surface area (Å²) in [6.07, 6.45) is 0. The standard InChI is InChI=1S/C22H19NO/c1-15-4-3-5-19(12-15)17-7-9-18(10-8-17)21-14-24-22-11-6-16(2)13-20(22)23-21/h3-13H,14H2,1-2H3. The van der Waals surface area contributed by atoms with Crippen molar-refractivity contribution in [3.8, 4) is 16.9 Å². The zero-order valence-electron chi connectivity index (χ0n) is 13.9. The molecule has 1 aliphatic rings. The van der Waals surface area contributed by atoms with Crippen LogP contribution in [0.5, 0.6) is 5.75 Å². The number of benzene rings is 3. The van der Waals surface area contributed by atoms with E-state index in [1.807, 2.05) is 6.07 Å². The Kier molecular flexibility index (Phi) is 3.66. The van der Waals surface area contributed by atoms with Gasteiger partial charge in [-0.1, -0.05) is 60.2 Å². The Bertz CT molecular complexity index is 923. The van der Waals surface area contributed by atoms with Gasteiger partial charge in [-0.2, -0.15) is 0 Å². The molecule has 3 aromatic rings. The molecule has 0 amide bonds. The van der Waals surface area contributed by atoms with Gasteiger partial charge in [-0.3, -0.25) is 0 Å². The molecule has 1 heterocycles. The Morgan fingerprint density at radius 2 is 1.50 bits per heavy atom. The van der Waals surface area contributed by atoms with Crippen LogP contribution < -0.4 is 4.74 Å². The summed E-state index contributed by atoms with van der Waals surface area (Å²) in [5, 5.41) is 0. The molecule has 4 rings (SSSR count). The van der Waals surface area contributed by atoms with E-state index in [-0.39, 0.29) is 0 Å². The van der Waals surface area contributed by atoms with Crippen molar-refractivity contribution in [2.75, 3.05) is 6.61 Å². The van der Waals surface area contributed by atoms with Gasteiger partial charge in [-0.15, -0.1) is 0 Å². The van der Waals surface area contributed by atoms with Crippen molar-refractivity contribution in [3.63, 3.8) is 0 Å². The second kappa shape index (κ2) is 5.97. The van der Waals surface area contributed by atoms with Crippen LogP contribution in [-0.4, -0.2) is 12.3 Å². The van der Waals surface area contributed by atoms with Crippen LogP contribution in [0.1, 0.15) is 16.7 Å². The smallest absolute Gasteiger partial charge is 0.145 e. The molecule has 0 saturated heterocycles. The van der Waals surface area contributed by atoms with Crippen molar-refractivity contribution < 1.29 is 4.74 Å². The summed E-state index contributed by atoms with van der Waals surface area (Å²) < 4.78 is 5.85. The van der Waals surface area contributed by atoms with Crippen LogP contribution in [-0.2, 0) is 0 Å². The number of fused-ring (bicyclic) bond motifs is 1. The molecule has 3 aromatic carbocycles. The third-order valence-electron chi connectivity index (χ3n) is 4.30. The minimum absolute atomic E-state index is 0.514. The van der Waals surface area contributed by atoms with Crippen LogP contribution in [0.2, 0.25) is 0 Å². The fourth-order valence-electron chi connectivity index (χ4n) is 2.99. The number of ether oxygens (including phenoxy) is 1. The Morgan fingerprint density at radius 1 is 0.750 bits per heavy atom. The van der Waals surface area contributed by atoms with E-state index in [9.17, 15) is 0 Å². The van der Waals surface area contributed by atoms with Crippen molar-refractivity contribution in [2.24, 2.45) is 4.99 Å². The first-order valence-electron chi connectivity index (χ1n) is 8.17. The first kappa shape index (κ1) is 14.7. The van der Waals surface area contributed by atoms with Crippen molar-refractivity contribution >= 4 is 11.4 Å². The Morgan fingerprint density at radius 3 is 2.29 bits per heavy atom. The lowest BCUT2D eigenvalue weighted by Crippen LogP contribution is -2.16. The molecule has 2 nitrogen and oxygen atoms in total. The molecule has 2 heteroatoms. The van der Waals surface area contributed by atoms with E-state index in [2.05, 4.69) is 74.5 Å². The molecule has 0 atom stereocenters. The third-order valence-corrected chi connectivity index (χ3v) is 4.30. The summed E-state index contributed by atoms with van der Waals surface area (Å²) in [5.74, 6) is 0.862. The molecule has 0 unspecified atom stereocenters. The number of rotatable bonds is 2. The first-order chi connectivity index (χ1) is 11.7. The molecule has 0 radical (unpaired) electrons. The lowest BCUT2D eigenvalue weighted by molar-refractivity contribution is 0.373. The summed E-state index contributed by atoms with van der Waals surface area (Å²) in [7, 11) is 0. The minimum Gasteiger partial charge on any atom is -0.485 e. The lowest BCUT2D eigenvalue weighted by atomic mass is 10.0. The number of hydrogen-bond donors (Lipinski definition) is 0. The zero-order valence-corrected chi connectivity index (χ0v) is 13.9. The van der Waals surface area contributed by atoms with Gasteiger partial charge < -0.3 is 4.74 Å².